The number of nitrogens with zero attached hydrogens (tertiary/aromatic N) is 3. The lowest BCUT2D eigenvalue weighted by Crippen LogP contribution is -2.24. The van der Waals surface area contributed by atoms with Crippen LogP contribution < -0.4 is 10.9 Å². The van der Waals surface area contributed by atoms with Gasteiger partial charge in [-0.2, -0.15) is 5.26 Å². The Balaban J connectivity index is 1.66. The third kappa shape index (κ3) is 3.59. The average molecular weight is 352 g/mol. The number of hydrogen-bond donors (Lipinski definition) is 1. The highest BCUT2D eigenvalue weighted by molar-refractivity contribution is 7.14. The maximum Gasteiger partial charge on any atom is 0.261 e. The molecule has 0 spiro atoms. The highest BCUT2D eigenvalue weighted by Gasteiger charge is 2.10. The fourth-order valence-electron chi connectivity index (χ4n) is 2.62. The Hall–Kier alpha value is -2.98. The van der Waals surface area contributed by atoms with Crippen molar-refractivity contribution in [3.05, 3.63) is 57.5 Å². The maximum absolute atomic E-state index is 12.6. The Labute approximate surface area is 148 Å². The minimum Gasteiger partial charge on any atom is -0.317 e. The molecule has 0 atom stereocenters. The number of fused-ring (bicyclic) bond motifs is 1. The van der Waals surface area contributed by atoms with E-state index in [1.165, 1.54) is 11.3 Å². The minimum absolute atomic E-state index is 0.0893. The van der Waals surface area contributed by atoms with Gasteiger partial charge >= 0.3 is 0 Å². The summed E-state index contributed by atoms with van der Waals surface area (Å²) >= 11 is 1.32. The zero-order valence-corrected chi connectivity index (χ0v) is 14.5. The van der Waals surface area contributed by atoms with Crippen LogP contribution in [0.2, 0.25) is 0 Å². The lowest BCUT2D eigenvalue weighted by Gasteiger charge is -2.10. The SMILES string of the molecule is Cc1nc2ccccc2c(=O)n1CCCC(=O)Nc1sccc1C#N. The molecule has 1 amide bonds. The van der Waals surface area contributed by atoms with Gasteiger partial charge in [-0.05, 0) is 36.9 Å². The quantitative estimate of drug-likeness (QED) is 0.764. The lowest BCUT2D eigenvalue weighted by atomic mass is 10.2. The van der Waals surface area contributed by atoms with Gasteiger partial charge in [-0.1, -0.05) is 12.1 Å². The van der Waals surface area contributed by atoms with Crippen molar-refractivity contribution in [2.75, 3.05) is 5.32 Å². The van der Waals surface area contributed by atoms with Crippen LogP contribution in [-0.4, -0.2) is 15.5 Å². The fraction of sp³-hybridized carbons (Fsp3) is 0.222. The number of rotatable bonds is 5. The largest absolute Gasteiger partial charge is 0.317 e. The smallest absolute Gasteiger partial charge is 0.261 e. The van der Waals surface area contributed by atoms with Crippen LogP contribution in [0.5, 0.6) is 0 Å². The molecule has 25 heavy (non-hydrogen) atoms. The molecule has 0 radical (unpaired) electrons. The highest BCUT2D eigenvalue weighted by Crippen LogP contribution is 2.22. The van der Waals surface area contributed by atoms with E-state index in [-0.39, 0.29) is 17.9 Å². The fourth-order valence-corrected chi connectivity index (χ4v) is 3.38. The first-order valence-electron chi connectivity index (χ1n) is 7.84. The Morgan fingerprint density at radius 3 is 2.96 bits per heavy atom. The molecule has 2 aromatic heterocycles. The summed E-state index contributed by atoms with van der Waals surface area (Å²) in [5, 5.41) is 14.6. The van der Waals surface area contributed by atoms with Crippen molar-refractivity contribution in [2.24, 2.45) is 0 Å². The monoisotopic (exact) mass is 352 g/mol. The molecule has 0 saturated heterocycles. The maximum atomic E-state index is 12.6. The van der Waals surface area contributed by atoms with E-state index in [4.69, 9.17) is 5.26 Å². The molecular formula is C18H16N4O2S. The number of thiophene rings is 1. The summed E-state index contributed by atoms with van der Waals surface area (Å²) < 4.78 is 1.60. The van der Waals surface area contributed by atoms with Crippen LogP contribution in [0.1, 0.15) is 24.2 Å². The predicted octanol–water partition coefficient (Wildman–Crippen LogP) is 3.06. The molecule has 3 rings (SSSR count). The normalized spacial score (nSPS) is 10.6. The molecule has 0 bridgehead atoms. The Morgan fingerprint density at radius 2 is 2.16 bits per heavy atom. The summed E-state index contributed by atoms with van der Waals surface area (Å²) in [6.45, 7) is 2.21. The predicted molar refractivity (Wildman–Crippen MR) is 97.6 cm³/mol. The van der Waals surface area contributed by atoms with E-state index in [0.29, 0.717) is 40.3 Å². The van der Waals surface area contributed by atoms with Crippen LogP contribution in [0.25, 0.3) is 10.9 Å². The van der Waals surface area contributed by atoms with Gasteiger partial charge in [-0.3, -0.25) is 14.2 Å². The van der Waals surface area contributed by atoms with Crippen molar-refractivity contribution < 1.29 is 4.79 Å². The summed E-state index contributed by atoms with van der Waals surface area (Å²) in [4.78, 5) is 29.0. The number of para-hydroxylation sites is 1. The van der Waals surface area contributed by atoms with E-state index < -0.39 is 0 Å². The molecule has 0 unspecified atom stereocenters. The summed E-state index contributed by atoms with van der Waals surface area (Å²) in [5.74, 6) is 0.465. The second kappa shape index (κ2) is 7.28. The first-order valence-corrected chi connectivity index (χ1v) is 8.71. The van der Waals surface area contributed by atoms with E-state index in [1.54, 1.807) is 29.0 Å². The van der Waals surface area contributed by atoms with Crippen molar-refractivity contribution in [3.63, 3.8) is 0 Å². The molecular weight excluding hydrogens is 336 g/mol. The van der Waals surface area contributed by atoms with E-state index in [9.17, 15) is 9.59 Å². The lowest BCUT2D eigenvalue weighted by molar-refractivity contribution is -0.116. The number of carbonyl (C=O) groups excluding carboxylic acids is 1. The molecule has 1 N–H and O–H groups in total. The summed E-state index contributed by atoms with van der Waals surface area (Å²) in [6, 6.07) is 10.9. The number of benzene rings is 1. The van der Waals surface area contributed by atoms with E-state index in [0.717, 1.165) is 0 Å². The van der Waals surface area contributed by atoms with Crippen LogP contribution in [0.4, 0.5) is 5.00 Å². The van der Waals surface area contributed by atoms with Gasteiger partial charge in [0.1, 0.15) is 16.9 Å². The molecule has 0 saturated carbocycles. The summed E-state index contributed by atoms with van der Waals surface area (Å²) in [6.07, 6.45) is 0.779. The number of hydrogen-bond acceptors (Lipinski definition) is 5. The van der Waals surface area contributed by atoms with Crippen LogP contribution in [0, 0.1) is 18.3 Å². The van der Waals surface area contributed by atoms with Gasteiger partial charge < -0.3 is 5.32 Å². The van der Waals surface area contributed by atoms with E-state index >= 15 is 0 Å². The molecule has 0 aliphatic carbocycles. The summed E-state index contributed by atoms with van der Waals surface area (Å²) in [5.41, 5.74) is 1.05. The molecule has 0 fully saturated rings. The molecule has 0 aliphatic rings. The summed E-state index contributed by atoms with van der Waals surface area (Å²) in [7, 11) is 0. The first-order chi connectivity index (χ1) is 12.1. The zero-order chi connectivity index (χ0) is 17.8. The molecule has 2 heterocycles. The second-order valence-electron chi connectivity index (χ2n) is 5.56. The number of anilines is 1. The Kier molecular flexibility index (Phi) is 4.91. The van der Waals surface area contributed by atoms with Crippen molar-refractivity contribution in [1.29, 1.82) is 5.26 Å². The van der Waals surface area contributed by atoms with Crippen LogP contribution in [0.3, 0.4) is 0 Å². The van der Waals surface area contributed by atoms with Gasteiger partial charge in [0, 0.05) is 13.0 Å². The van der Waals surface area contributed by atoms with Crippen LogP contribution in [-0.2, 0) is 11.3 Å². The topological polar surface area (TPSA) is 87.8 Å². The van der Waals surface area contributed by atoms with Crippen molar-refractivity contribution in [3.8, 4) is 6.07 Å². The molecule has 0 aliphatic heterocycles. The third-order valence-corrected chi connectivity index (χ3v) is 4.71. The molecule has 1 aromatic carbocycles. The number of aromatic nitrogens is 2. The van der Waals surface area contributed by atoms with Gasteiger partial charge in [0.15, 0.2) is 0 Å². The zero-order valence-electron chi connectivity index (χ0n) is 13.7. The average Bonchev–Trinajstić information content (AvgIpc) is 3.05. The Bertz CT molecular complexity index is 1030. The third-order valence-electron chi connectivity index (χ3n) is 3.88. The number of nitriles is 1. The van der Waals surface area contributed by atoms with Gasteiger partial charge in [0.25, 0.3) is 5.56 Å². The highest BCUT2D eigenvalue weighted by atomic mass is 32.1. The standard InChI is InChI=1S/C18H16N4O2S/c1-12-20-15-6-3-2-5-14(15)18(24)22(12)9-4-7-16(23)21-17-13(11-19)8-10-25-17/h2-3,5-6,8,10H,4,7,9H2,1H3,(H,21,23). The van der Waals surface area contributed by atoms with Crippen molar-refractivity contribution in [2.45, 2.75) is 26.3 Å². The van der Waals surface area contributed by atoms with E-state index in [1.807, 2.05) is 24.3 Å². The van der Waals surface area contributed by atoms with E-state index in [2.05, 4.69) is 10.3 Å². The molecule has 6 nitrogen and oxygen atoms in total. The van der Waals surface area contributed by atoms with Gasteiger partial charge in [-0.15, -0.1) is 11.3 Å². The number of nitrogens with one attached hydrogen (secondary N) is 1. The van der Waals surface area contributed by atoms with Crippen LogP contribution >= 0.6 is 11.3 Å². The molecule has 7 heteroatoms. The van der Waals surface area contributed by atoms with Gasteiger partial charge in [0.2, 0.25) is 5.91 Å². The van der Waals surface area contributed by atoms with Crippen LogP contribution in [0.15, 0.2) is 40.5 Å². The number of carbonyl (C=O) groups is 1. The number of aryl methyl sites for hydroxylation is 1. The second-order valence-corrected chi connectivity index (χ2v) is 6.48. The molecule has 126 valence electrons. The minimum atomic E-state index is -0.168. The molecule has 3 aromatic rings. The first kappa shape index (κ1) is 16.9. The van der Waals surface area contributed by atoms with Gasteiger partial charge in [-0.25, -0.2) is 4.98 Å². The Morgan fingerprint density at radius 1 is 1.36 bits per heavy atom. The van der Waals surface area contributed by atoms with Gasteiger partial charge in [0.05, 0.1) is 16.5 Å². The number of amides is 1. The van der Waals surface area contributed by atoms with Crippen molar-refractivity contribution >= 4 is 33.1 Å². The van der Waals surface area contributed by atoms with Crippen molar-refractivity contribution in [1.82, 2.24) is 9.55 Å².